The Hall–Kier alpha value is -2.82. The summed E-state index contributed by atoms with van der Waals surface area (Å²) in [6, 6.07) is 14.8. The molecule has 2 aromatic carbocycles. The number of nitrogens with zero attached hydrogens (tertiary/aromatic N) is 1. The van der Waals surface area contributed by atoms with E-state index in [4.69, 9.17) is 4.74 Å². The monoisotopic (exact) mass is 382 g/mol. The van der Waals surface area contributed by atoms with Crippen molar-refractivity contribution in [3.63, 3.8) is 0 Å². The lowest BCUT2D eigenvalue weighted by atomic mass is 9.86. The van der Waals surface area contributed by atoms with Crippen molar-refractivity contribution in [3.8, 4) is 5.75 Å². The molecule has 0 saturated heterocycles. The van der Waals surface area contributed by atoms with Crippen molar-refractivity contribution in [2.75, 3.05) is 25.0 Å². The predicted octanol–water partition coefficient (Wildman–Crippen LogP) is 4.48. The molecule has 0 heterocycles. The highest BCUT2D eigenvalue weighted by Crippen LogP contribution is 2.30. The van der Waals surface area contributed by atoms with Gasteiger partial charge in [-0.05, 0) is 43.0 Å². The fraction of sp³-hybridized carbons (Fsp3) is 0.391. The number of carbonyl (C=O) groups excluding carboxylic acids is 2. The molecule has 2 aromatic rings. The number of rotatable bonds is 7. The molecule has 0 aliphatic heterocycles. The lowest BCUT2D eigenvalue weighted by Crippen LogP contribution is -2.31. The molecule has 5 heteroatoms. The van der Waals surface area contributed by atoms with Gasteiger partial charge in [-0.1, -0.05) is 51.1 Å². The van der Waals surface area contributed by atoms with Crippen molar-refractivity contribution in [2.24, 2.45) is 0 Å². The molecule has 0 atom stereocenters. The molecule has 0 aromatic heterocycles. The maximum atomic E-state index is 12.7. The Balaban J connectivity index is 2.10. The minimum Gasteiger partial charge on any atom is -0.483 e. The highest BCUT2D eigenvalue weighted by Gasteiger charge is 2.20. The molecule has 0 bridgehead atoms. The topological polar surface area (TPSA) is 58.6 Å². The van der Waals surface area contributed by atoms with Crippen LogP contribution in [0, 0.1) is 0 Å². The molecule has 0 radical (unpaired) electrons. The number of hydrogen-bond acceptors (Lipinski definition) is 3. The van der Waals surface area contributed by atoms with Gasteiger partial charge in [-0.3, -0.25) is 9.59 Å². The van der Waals surface area contributed by atoms with Crippen LogP contribution in [0.25, 0.3) is 0 Å². The quantitative estimate of drug-likeness (QED) is 0.768. The van der Waals surface area contributed by atoms with Gasteiger partial charge in [-0.15, -0.1) is 0 Å². The van der Waals surface area contributed by atoms with Gasteiger partial charge in [0, 0.05) is 13.1 Å². The van der Waals surface area contributed by atoms with Crippen molar-refractivity contribution >= 4 is 17.5 Å². The van der Waals surface area contributed by atoms with E-state index in [1.54, 1.807) is 29.2 Å². The first kappa shape index (κ1) is 21.5. The average Bonchev–Trinajstić information content (AvgIpc) is 2.67. The van der Waals surface area contributed by atoms with Crippen LogP contribution in [-0.2, 0) is 10.2 Å². The maximum absolute atomic E-state index is 12.7. The smallest absolute Gasteiger partial charge is 0.262 e. The third kappa shape index (κ3) is 5.35. The van der Waals surface area contributed by atoms with E-state index in [1.807, 2.05) is 38.1 Å². The third-order valence-corrected chi connectivity index (χ3v) is 4.54. The van der Waals surface area contributed by atoms with Crippen LogP contribution in [0.4, 0.5) is 5.69 Å². The van der Waals surface area contributed by atoms with Gasteiger partial charge >= 0.3 is 0 Å². The second-order valence-corrected chi connectivity index (χ2v) is 7.61. The van der Waals surface area contributed by atoms with Crippen molar-refractivity contribution in [1.82, 2.24) is 4.90 Å². The van der Waals surface area contributed by atoms with E-state index in [1.165, 1.54) is 0 Å². The summed E-state index contributed by atoms with van der Waals surface area (Å²) in [5, 5.41) is 2.81. The predicted molar refractivity (Wildman–Crippen MR) is 113 cm³/mol. The van der Waals surface area contributed by atoms with Crippen molar-refractivity contribution in [1.29, 1.82) is 0 Å². The van der Waals surface area contributed by atoms with Gasteiger partial charge in [0.2, 0.25) is 0 Å². The summed E-state index contributed by atoms with van der Waals surface area (Å²) in [5.74, 6) is 0.293. The summed E-state index contributed by atoms with van der Waals surface area (Å²) in [7, 11) is 0. The van der Waals surface area contributed by atoms with Crippen LogP contribution in [-0.4, -0.2) is 36.4 Å². The second-order valence-electron chi connectivity index (χ2n) is 7.61. The standard InChI is InChI=1S/C23H30N2O3/c1-6-25(7-2)22(27)17-12-8-10-14-19(17)24-21(26)16-28-20-15-11-9-13-18(20)23(3,4)5/h8-15H,6-7,16H2,1-5H3,(H,24,26). The van der Waals surface area contributed by atoms with Gasteiger partial charge in [-0.25, -0.2) is 0 Å². The largest absolute Gasteiger partial charge is 0.483 e. The number of ether oxygens (including phenoxy) is 1. The zero-order chi connectivity index (χ0) is 20.7. The molecule has 0 saturated carbocycles. The molecular formula is C23H30N2O3. The Morgan fingerprint density at radius 2 is 1.57 bits per heavy atom. The van der Waals surface area contributed by atoms with Crippen LogP contribution < -0.4 is 10.1 Å². The Labute approximate surface area is 167 Å². The van der Waals surface area contributed by atoms with Crippen LogP contribution >= 0.6 is 0 Å². The molecule has 0 aliphatic carbocycles. The number of hydrogen-bond donors (Lipinski definition) is 1. The zero-order valence-corrected chi connectivity index (χ0v) is 17.4. The summed E-state index contributed by atoms with van der Waals surface area (Å²) in [6.07, 6.45) is 0. The number of nitrogens with one attached hydrogen (secondary N) is 1. The first-order valence-electron chi connectivity index (χ1n) is 9.68. The van der Waals surface area contributed by atoms with Gasteiger partial charge in [0.25, 0.3) is 11.8 Å². The van der Waals surface area contributed by atoms with Gasteiger partial charge in [0.05, 0.1) is 11.3 Å². The minimum atomic E-state index is -0.302. The Bertz CT molecular complexity index is 821. The summed E-state index contributed by atoms with van der Waals surface area (Å²) < 4.78 is 5.78. The number of anilines is 1. The zero-order valence-electron chi connectivity index (χ0n) is 17.4. The molecule has 28 heavy (non-hydrogen) atoms. The molecule has 0 fully saturated rings. The normalized spacial score (nSPS) is 11.0. The molecule has 0 spiro atoms. The Morgan fingerprint density at radius 3 is 2.21 bits per heavy atom. The van der Waals surface area contributed by atoms with Gasteiger partial charge in [0.1, 0.15) is 5.75 Å². The van der Waals surface area contributed by atoms with Crippen molar-refractivity contribution < 1.29 is 14.3 Å². The average molecular weight is 383 g/mol. The summed E-state index contributed by atoms with van der Waals surface area (Å²) in [6.45, 7) is 11.3. The van der Waals surface area contributed by atoms with Crippen molar-refractivity contribution in [2.45, 2.75) is 40.0 Å². The van der Waals surface area contributed by atoms with Crippen molar-refractivity contribution in [3.05, 3.63) is 59.7 Å². The summed E-state index contributed by atoms with van der Waals surface area (Å²) in [4.78, 5) is 26.9. The minimum absolute atomic E-state index is 0.0874. The third-order valence-electron chi connectivity index (χ3n) is 4.54. The van der Waals surface area contributed by atoms with E-state index in [2.05, 4.69) is 26.1 Å². The molecule has 150 valence electrons. The Kier molecular flexibility index (Phi) is 7.21. The van der Waals surface area contributed by atoms with E-state index >= 15 is 0 Å². The molecule has 0 aliphatic rings. The number of para-hydroxylation sites is 2. The SMILES string of the molecule is CCN(CC)C(=O)c1ccccc1NC(=O)COc1ccccc1C(C)(C)C. The molecule has 2 amide bonds. The van der Waals surface area contributed by atoms with Crippen LogP contribution in [0.1, 0.15) is 50.5 Å². The van der Waals surface area contributed by atoms with Gasteiger partial charge in [0.15, 0.2) is 6.61 Å². The lowest BCUT2D eigenvalue weighted by molar-refractivity contribution is -0.118. The molecule has 0 unspecified atom stereocenters. The lowest BCUT2D eigenvalue weighted by Gasteiger charge is -2.23. The fourth-order valence-electron chi connectivity index (χ4n) is 3.00. The molecule has 5 nitrogen and oxygen atoms in total. The van der Waals surface area contributed by atoms with E-state index in [0.29, 0.717) is 30.1 Å². The van der Waals surface area contributed by atoms with E-state index in [0.717, 1.165) is 5.56 Å². The first-order chi connectivity index (χ1) is 13.3. The highest BCUT2D eigenvalue weighted by atomic mass is 16.5. The van der Waals surface area contributed by atoms with E-state index < -0.39 is 0 Å². The maximum Gasteiger partial charge on any atom is 0.262 e. The van der Waals surface area contributed by atoms with E-state index in [9.17, 15) is 9.59 Å². The summed E-state index contributed by atoms with van der Waals surface area (Å²) in [5.41, 5.74) is 1.93. The first-order valence-corrected chi connectivity index (χ1v) is 9.68. The summed E-state index contributed by atoms with van der Waals surface area (Å²) >= 11 is 0. The number of carbonyl (C=O) groups is 2. The van der Waals surface area contributed by atoms with Crippen LogP contribution in [0.3, 0.4) is 0 Å². The number of amides is 2. The van der Waals surface area contributed by atoms with Gasteiger partial charge in [-0.2, -0.15) is 0 Å². The molecular weight excluding hydrogens is 352 g/mol. The Morgan fingerprint density at radius 1 is 0.964 bits per heavy atom. The number of benzene rings is 2. The highest BCUT2D eigenvalue weighted by molar-refractivity contribution is 6.04. The molecule has 1 N–H and O–H groups in total. The van der Waals surface area contributed by atoms with E-state index in [-0.39, 0.29) is 23.8 Å². The van der Waals surface area contributed by atoms with Crippen LogP contribution in [0.15, 0.2) is 48.5 Å². The fourth-order valence-corrected chi connectivity index (χ4v) is 3.00. The molecule has 2 rings (SSSR count). The van der Waals surface area contributed by atoms with Gasteiger partial charge < -0.3 is 15.0 Å². The van der Waals surface area contributed by atoms with Crippen LogP contribution in [0.2, 0.25) is 0 Å². The second kappa shape index (κ2) is 9.40. The van der Waals surface area contributed by atoms with Crippen LogP contribution in [0.5, 0.6) is 5.75 Å².